The molecule has 0 atom stereocenters. The molecule has 0 bridgehead atoms. The summed E-state index contributed by atoms with van der Waals surface area (Å²) >= 11 is 9.56. The molecule has 0 aliphatic carbocycles. The number of rotatable bonds is 1. The molecule has 1 aliphatic rings. The Labute approximate surface area is 98.2 Å². The van der Waals surface area contributed by atoms with Crippen LogP contribution in [0.5, 0.6) is 0 Å². The van der Waals surface area contributed by atoms with Gasteiger partial charge in [0.25, 0.3) is 0 Å². The quantitative estimate of drug-likeness (QED) is 0.749. The lowest BCUT2D eigenvalue weighted by atomic mass is 9.84. The molecule has 1 aromatic rings. The normalized spacial score (nSPS) is 19.3. The molecule has 1 aliphatic heterocycles. The Bertz CT molecular complexity index is 354. The highest BCUT2D eigenvalue weighted by Crippen LogP contribution is 2.39. The Hall–Kier alpha value is -0.210. The highest BCUT2D eigenvalue weighted by Gasteiger charge is 2.35. The van der Waals surface area contributed by atoms with Gasteiger partial charge >= 0.3 is 0 Å². The van der Waals surface area contributed by atoms with Gasteiger partial charge < -0.3 is 4.90 Å². The summed E-state index contributed by atoms with van der Waals surface area (Å²) in [4.78, 5) is 2.34. The fourth-order valence-corrected chi connectivity index (χ4v) is 2.58. The zero-order chi connectivity index (χ0) is 10.3. The molecule has 0 spiro atoms. The van der Waals surface area contributed by atoms with E-state index in [4.69, 9.17) is 11.6 Å². The summed E-state index contributed by atoms with van der Waals surface area (Å²) in [6.07, 6.45) is 0. The number of benzene rings is 1. The first kappa shape index (κ1) is 10.3. The van der Waals surface area contributed by atoms with Crippen molar-refractivity contribution in [3.05, 3.63) is 27.7 Å². The SMILES string of the molecule is CC1(C)CN(c2cccc(Cl)c2Br)C1. The van der Waals surface area contributed by atoms with E-state index in [0.717, 1.165) is 22.6 Å². The van der Waals surface area contributed by atoms with Crippen molar-refractivity contribution in [3.8, 4) is 0 Å². The lowest BCUT2D eigenvalue weighted by Crippen LogP contribution is -2.53. The molecule has 1 saturated heterocycles. The van der Waals surface area contributed by atoms with Crippen LogP contribution in [0.25, 0.3) is 0 Å². The van der Waals surface area contributed by atoms with Crippen molar-refractivity contribution in [1.29, 1.82) is 0 Å². The Balaban J connectivity index is 2.23. The molecule has 3 heteroatoms. The second kappa shape index (κ2) is 3.42. The second-order valence-corrected chi connectivity index (χ2v) is 5.79. The summed E-state index contributed by atoms with van der Waals surface area (Å²) < 4.78 is 1.01. The molecule has 1 aromatic carbocycles. The van der Waals surface area contributed by atoms with Crippen LogP contribution >= 0.6 is 27.5 Å². The first-order valence-electron chi connectivity index (χ1n) is 4.69. The number of hydrogen-bond donors (Lipinski definition) is 0. The van der Waals surface area contributed by atoms with E-state index in [1.54, 1.807) is 0 Å². The first-order valence-corrected chi connectivity index (χ1v) is 5.86. The number of halogens is 2. The van der Waals surface area contributed by atoms with Crippen molar-refractivity contribution in [1.82, 2.24) is 0 Å². The van der Waals surface area contributed by atoms with Gasteiger partial charge in [0, 0.05) is 13.1 Å². The third-order valence-electron chi connectivity index (χ3n) is 2.51. The Morgan fingerprint density at radius 2 is 2.00 bits per heavy atom. The van der Waals surface area contributed by atoms with Crippen LogP contribution in [-0.4, -0.2) is 13.1 Å². The molecular formula is C11H13BrClN. The van der Waals surface area contributed by atoms with E-state index in [1.165, 1.54) is 5.69 Å². The van der Waals surface area contributed by atoms with E-state index in [0.29, 0.717) is 5.41 Å². The topological polar surface area (TPSA) is 3.24 Å². The zero-order valence-corrected chi connectivity index (χ0v) is 10.7. The van der Waals surface area contributed by atoms with Crippen molar-refractivity contribution >= 4 is 33.2 Å². The van der Waals surface area contributed by atoms with Crippen molar-refractivity contribution in [2.75, 3.05) is 18.0 Å². The minimum absolute atomic E-state index is 0.446. The van der Waals surface area contributed by atoms with Gasteiger partial charge in [0.1, 0.15) is 0 Å². The standard InChI is InChI=1S/C11H13BrClN/c1-11(2)6-14(7-11)9-5-3-4-8(13)10(9)12/h3-5H,6-7H2,1-2H3. The largest absolute Gasteiger partial charge is 0.369 e. The molecule has 0 aromatic heterocycles. The van der Waals surface area contributed by atoms with Crippen LogP contribution in [0.2, 0.25) is 5.02 Å². The van der Waals surface area contributed by atoms with E-state index >= 15 is 0 Å². The number of nitrogens with zero attached hydrogens (tertiary/aromatic N) is 1. The van der Waals surface area contributed by atoms with Crippen LogP contribution in [-0.2, 0) is 0 Å². The van der Waals surface area contributed by atoms with Crippen LogP contribution < -0.4 is 4.90 Å². The first-order chi connectivity index (χ1) is 6.49. The van der Waals surface area contributed by atoms with E-state index in [1.807, 2.05) is 12.1 Å². The Morgan fingerprint density at radius 3 is 2.57 bits per heavy atom. The Kier molecular flexibility index (Phi) is 2.52. The third kappa shape index (κ3) is 1.78. The van der Waals surface area contributed by atoms with E-state index in [-0.39, 0.29) is 0 Å². The minimum atomic E-state index is 0.446. The Morgan fingerprint density at radius 1 is 1.36 bits per heavy atom. The van der Waals surface area contributed by atoms with Crippen LogP contribution in [0.15, 0.2) is 22.7 Å². The summed E-state index contributed by atoms with van der Waals surface area (Å²) in [7, 11) is 0. The van der Waals surface area contributed by atoms with Gasteiger partial charge in [-0.2, -0.15) is 0 Å². The average molecular weight is 275 g/mol. The van der Waals surface area contributed by atoms with Gasteiger partial charge in [0.2, 0.25) is 0 Å². The van der Waals surface area contributed by atoms with Crippen LogP contribution in [0.4, 0.5) is 5.69 Å². The smallest absolute Gasteiger partial charge is 0.0595 e. The molecule has 0 saturated carbocycles. The van der Waals surface area contributed by atoms with Crippen molar-refractivity contribution in [3.63, 3.8) is 0 Å². The van der Waals surface area contributed by atoms with Gasteiger partial charge in [-0.1, -0.05) is 31.5 Å². The summed E-state index contributed by atoms with van der Waals surface area (Å²) in [6.45, 7) is 6.77. The second-order valence-electron chi connectivity index (χ2n) is 4.59. The molecule has 14 heavy (non-hydrogen) atoms. The van der Waals surface area contributed by atoms with Gasteiger partial charge in [-0.25, -0.2) is 0 Å². The van der Waals surface area contributed by atoms with Crippen molar-refractivity contribution in [2.24, 2.45) is 5.41 Å². The molecule has 0 unspecified atom stereocenters. The molecule has 1 nitrogen and oxygen atoms in total. The average Bonchev–Trinajstić information content (AvgIpc) is 2.06. The summed E-state index contributed by atoms with van der Waals surface area (Å²) in [5.41, 5.74) is 1.65. The number of anilines is 1. The maximum absolute atomic E-state index is 6.04. The molecular weight excluding hydrogens is 261 g/mol. The molecule has 0 radical (unpaired) electrons. The van der Waals surface area contributed by atoms with Gasteiger partial charge in [-0.15, -0.1) is 0 Å². The molecule has 1 heterocycles. The molecule has 76 valence electrons. The lowest BCUT2D eigenvalue weighted by Gasteiger charge is -2.47. The molecule has 1 fully saturated rings. The predicted molar refractivity (Wildman–Crippen MR) is 65.1 cm³/mol. The van der Waals surface area contributed by atoms with Crippen molar-refractivity contribution < 1.29 is 0 Å². The van der Waals surface area contributed by atoms with E-state index < -0.39 is 0 Å². The summed E-state index contributed by atoms with van der Waals surface area (Å²) in [6, 6.07) is 6.00. The van der Waals surface area contributed by atoms with Crippen molar-refractivity contribution in [2.45, 2.75) is 13.8 Å². The maximum atomic E-state index is 6.04. The van der Waals surface area contributed by atoms with E-state index in [2.05, 4.69) is 40.7 Å². The summed E-state index contributed by atoms with van der Waals surface area (Å²) in [5, 5.41) is 0.784. The van der Waals surface area contributed by atoms with Gasteiger partial charge in [-0.05, 0) is 33.5 Å². The van der Waals surface area contributed by atoms with E-state index in [9.17, 15) is 0 Å². The molecule has 0 amide bonds. The van der Waals surface area contributed by atoms with Crippen LogP contribution in [0, 0.1) is 5.41 Å². The monoisotopic (exact) mass is 273 g/mol. The zero-order valence-electron chi connectivity index (χ0n) is 8.35. The lowest BCUT2D eigenvalue weighted by molar-refractivity contribution is 0.276. The highest BCUT2D eigenvalue weighted by atomic mass is 79.9. The predicted octanol–water partition coefficient (Wildman–Crippen LogP) is 3.95. The van der Waals surface area contributed by atoms with Gasteiger partial charge in [-0.3, -0.25) is 0 Å². The molecule has 0 N–H and O–H groups in total. The fraction of sp³-hybridized carbons (Fsp3) is 0.455. The minimum Gasteiger partial charge on any atom is -0.369 e. The third-order valence-corrected chi connectivity index (χ3v) is 3.89. The highest BCUT2D eigenvalue weighted by molar-refractivity contribution is 9.10. The van der Waals surface area contributed by atoms with Crippen LogP contribution in [0.3, 0.4) is 0 Å². The summed E-state index contributed by atoms with van der Waals surface area (Å²) in [5.74, 6) is 0. The maximum Gasteiger partial charge on any atom is 0.0595 e. The van der Waals surface area contributed by atoms with Gasteiger partial charge in [0.15, 0.2) is 0 Å². The van der Waals surface area contributed by atoms with Gasteiger partial charge in [0.05, 0.1) is 15.2 Å². The van der Waals surface area contributed by atoms with Crippen LogP contribution in [0.1, 0.15) is 13.8 Å². The fourth-order valence-electron chi connectivity index (χ4n) is 1.89. The molecule has 2 rings (SSSR count). The number of hydrogen-bond acceptors (Lipinski definition) is 1.